The summed E-state index contributed by atoms with van der Waals surface area (Å²) in [7, 11) is 0. The third-order valence-corrected chi connectivity index (χ3v) is 1.29. The minimum absolute atomic E-state index is 0. The van der Waals surface area contributed by atoms with Gasteiger partial charge in [-0.25, -0.2) is 0 Å². The number of hydrogen-bond acceptors (Lipinski definition) is 3. The molecular weight excluding hydrogens is 196 g/mol. The highest BCUT2D eigenvalue weighted by Gasteiger charge is 2.09. The van der Waals surface area contributed by atoms with E-state index in [1.165, 1.54) is 0 Å². The summed E-state index contributed by atoms with van der Waals surface area (Å²) >= 11 is 0. The first-order valence-corrected chi connectivity index (χ1v) is 3.37. The van der Waals surface area contributed by atoms with E-state index in [9.17, 15) is 4.79 Å². The first-order chi connectivity index (χ1) is 4.68. The summed E-state index contributed by atoms with van der Waals surface area (Å²) in [5, 5.41) is 8.33. The molecule has 0 fully saturated rings. The Bertz CT molecular complexity index is 112. The maximum Gasteiger partial charge on any atom is 0.320 e. The fraction of sp³-hybridized carbons (Fsp3) is 0.833. The second-order valence-corrected chi connectivity index (χ2v) is 2.23. The van der Waals surface area contributed by atoms with Crippen molar-refractivity contribution < 1.29 is 31.8 Å². The highest BCUT2D eigenvalue weighted by atomic mass is 16.4. The first kappa shape index (κ1) is 29.2. The van der Waals surface area contributed by atoms with Crippen LogP contribution in [-0.2, 0) is 4.79 Å². The van der Waals surface area contributed by atoms with Gasteiger partial charge in [0.1, 0.15) is 6.04 Å². The molecule has 0 saturated carbocycles. The van der Waals surface area contributed by atoms with Crippen molar-refractivity contribution in [3.63, 3.8) is 0 Å². The molecule has 0 aliphatic carbocycles. The van der Waals surface area contributed by atoms with Crippen molar-refractivity contribution in [3.05, 3.63) is 0 Å². The SMILES string of the molecule is NCCCCC(N)C(=O)O.O.O.O.O. The van der Waals surface area contributed by atoms with E-state index in [1.54, 1.807) is 0 Å². The molecular formula is C6H22N2O6. The number of aliphatic carboxylic acids is 1. The summed E-state index contributed by atoms with van der Waals surface area (Å²) in [4.78, 5) is 10.1. The van der Waals surface area contributed by atoms with Gasteiger partial charge >= 0.3 is 5.97 Å². The summed E-state index contributed by atoms with van der Waals surface area (Å²) in [6.45, 7) is 0.604. The molecule has 14 heavy (non-hydrogen) atoms. The van der Waals surface area contributed by atoms with Crippen LogP contribution in [0.25, 0.3) is 0 Å². The number of carbonyl (C=O) groups is 1. The zero-order chi connectivity index (χ0) is 7.98. The maximum absolute atomic E-state index is 10.1. The van der Waals surface area contributed by atoms with Crippen molar-refractivity contribution in [1.82, 2.24) is 0 Å². The molecule has 0 aromatic carbocycles. The fourth-order valence-corrected chi connectivity index (χ4v) is 0.632. The van der Waals surface area contributed by atoms with Crippen LogP contribution in [-0.4, -0.2) is 45.6 Å². The molecule has 0 aliphatic rings. The lowest BCUT2D eigenvalue weighted by atomic mass is 10.1. The Balaban J connectivity index is -0.0000000675. The molecule has 8 nitrogen and oxygen atoms in total. The molecule has 0 aromatic heterocycles. The highest BCUT2D eigenvalue weighted by Crippen LogP contribution is 1.96. The standard InChI is InChI=1S/C6H14N2O2.4H2O/c7-4-2-1-3-5(8)6(9)10;;;;/h5H,1-4,7-8H2,(H,9,10);4*1H2. The molecule has 0 rings (SSSR count). The van der Waals surface area contributed by atoms with Crippen molar-refractivity contribution in [2.24, 2.45) is 11.5 Å². The molecule has 92 valence electrons. The zero-order valence-electron chi connectivity index (χ0n) is 7.92. The van der Waals surface area contributed by atoms with Crippen LogP contribution in [0.4, 0.5) is 0 Å². The van der Waals surface area contributed by atoms with Crippen LogP contribution >= 0.6 is 0 Å². The Labute approximate surface area is 82.1 Å². The molecule has 0 aliphatic heterocycles. The number of nitrogens with two attached hydrogens (primary N) is 2. The number of rotatable bonds is 5. The van der Waals surface area contributed by atoms with Crippen molar-refractivity contribution >= 4 is 5.97 Å². The van der Waals surface area contributed by atoms with Gasteiger partial charge in [0.05, 0.1) is 0 Å². The number of carboxylic acid groups (broad SMARTS) is 1. The molecule has 8 heteroatoms. The number of unbranched alkanes of at least 4 members (excludes halogenated alkanes) is 1. The van der Waals surface area contributed by atoms with Gasteiger partial charge in [-0.3, -0.25) is 4.79 Å². The minimum Gasteiger partial charge on any atom is -0.480 e. The molecule has 0 bridgehead atoms. The van der Waals surface area contributed by atoms with Gasteiger partial charge in [-0.15, -0.1) is 0 Å². The third-order valence-electron chi connectivity index (χ3n) is 1.29. The largest absolute Gasteiger partial charge is 0.480 e. The minimum atomic E-state index is -0.933. The van der Waals surface area contributed by atoms with Gasteiger partial charge in [-0.1, -0.05) is 6.42 Å². The van der Waals surface area contributed by atoms with Gasteiger partial charge < -0.3 is 38.5 Å². The Hall–Kier alpha value is -0.770. The van der Waals surface area contributed by atoms with Gasteiger partial charge in [0.25, 0.3) is 0 Å². The summed E-state index contributed by atoms with van der Waals surface area (Å²) in [6, 6.07) is -0.716. The lowest BCUT2D eigenvalue weighted by Crippen LogP contribution is -2.29. The average molecular weight is 218 g/mol. The van der Waals surface area contributed by atoms with Crippen LogP contribution in [0.5, 0.6) is 0 Å². The molecule has 1 unspecified atom stereocenters. The van der Waals surface area contributed by atoms with Crippen LogP contribution in [0.2, 0.25) is 0 Å². The average Bonchev–Trinajstić information content (AvgIpc) is 1.88. The smallest absolute Gasteiger partial charge is 0.320 e. The second-order valence-electron chi connectivity index (χ2n) is 2.23. The van der Waals surface area contributed by atoms with E-state index >= 15 is 0 Å². The maximum atomic E-state index is 10.1. The van der Waals surface area contributed by atoms with E-state index in [2.05, 4.69) is 0 Å². The van der Waals surface area contributed by atoms with E-state index in [0.717, 1.165) is 12.8 Å². The quantitative estimate of drug-likeness (QED) is 0.395. The van der Waals surface area contributed by atoms with E-state index in [1.807, 2.05) is 0 Å². The van der Waals surface area contributed by atoms with Gasteiger partial charge in [0.15, 0.2) is 0 Å². The normalized spacial score (nSPS) is 9.29. The van der Waals surface area contributed by atoms with Crippen molar-refractivity contribution in [2.45, 2.75) is 25.3 Å². The van der Waals surface area contributed by atoms with Crippen LogP contribution in [0.1, 0.15) is 19.3 Å². The summed E-state index contributed by atoms with van der Waals surface area (Å²) in [5.74, 6) is -0.933. The third kappa shape index (κ3) is 17.4. The van der Waals surface area contributed by atoms with Gasteiger partial charge in [0.2, 0.25) is 0 Å². The Morgan fingerprint density at radius 3 is 1.86 bits per heavy atom. The first-order valence-electron chi connectivity index (χ1n) is 3.37. The van der Waals surface area contributed by atoms with Crippen molar-refractivity contribution in [2.75, 3.05) is 6.54 Å². The van der Waals surface area contributed by atoms with Gasteiger partial charge in [-0.2, -0.15) is 0 Å². The van der Waals surface area contributed by atoms with Gasteiger partial charge in [-0.05, 0) is 19.4 Å². The predicted octanol–water partition coefficient (Wildman–Crippen LogP) is -3.77. The molecule has 0 spiro atoms. The lowest BCUT2D eigenvalue weighted by Gasteiger charge is -2.03. The predicted molar refractivity (Wildman–Crippen MR) is 53.0 cm³/mol. The Morgan fingerprint density at radius 2 is 1.57 bits per heavy atom. The monoisotopic (exact) mass is 218 g/mol. The number of hydrogen-bond donors (Lipinski definition) is 3. The Morgan fingerprint density at radius 1 is 1.14 bits per heavy atom. The molecule has 0 amide bonds. The summed E-state index contributed by atoms with van der Waals surface area (Å²) < 4.78 is 0. The second kappa shape index (κ2) is 18.1. The van der Waals surface area contributed by atoms with Crippen molar-refractivity contribution in [3.8, 4) is 0 Å². The van der Waals surface area contributed by atoms with Crippen LogP contribution in [0.3, 0.4) is 0 Å². The van der Waals surface area contributed by atoms with E-state index in [0.29, 0.717) is 13.0 Å². The van der Waals surface area contributed by atoms with E-state index in [-0.39, 0.29) is 21.9 Å². The summed E-state index contributed by atoms with van der Waals surface area (Å²) in [5.41, 5.74) is 10.4. The van der Waals surface area contributed by atoms with Gasteiger partial charge in [0, 0.05) is 0 Å². The fourth-order valence-electron chi connectivity index (χ4n) is 0.632. The summed E-state index contributed by atoms with van der Waals surface area (Å²) in [6.07, 6.45) is 2.16. The molecule has 1 atom stereocenters. The molecule has 0 aromatic rings. The lowest BCUT2D eigenvalue weighted by molar-refractivity contribution is -0.138. The van der Waals surface area contributed by atoms with E-state index < -0.39 is 12.0 Å². The Kier molecular flexibility index (Phi) is 37.8. The van der Waals surface area contributed by atoms with Crippen LogP contribution < -0.4 is 11.5 Å². The zero-order valence-corrected chi connectivity index (χ0v) is 7.92. The number of carboxylic acids is 1. The molecule has 13 N–H and O–H groups in total. The highest BCUT2D eigenvalue weighted by molar-refractivity contribution is 5.72. The van der Waals surface area contributed by atoms with E-state index in [4.69, 9.17) is 16.6 Å². The van der Waals surface area contributed by atoms with Crippen molar-refractivity contribution in [1.29, 1.82) is 0 Å². The van der Waals surface area contributed by atoms with Crippen LogP contribution in [0.15, 0.2) is 0 Å². The molecule has 0 radical (unpaired) electrons. The van der Waals surface area contributed by atoms with Crippen LogP contribution in [0, 0.1) is 0 Å². The molecule has 0 heterocycles. The molecule has 0 saturated heterocycles. The topological polar surface area (TPSA) is 215 Å².